The predicted octanol–water partition coefficient (Wildman–Crippen LogP) is 3.56. The highest BCUT2D eigenvalue weighted by Gasteiger charge is 2.40. The molecule has 0 spiro atoms. The minimum atomic E-state index is -0.658. The molecule has 0 saturated heterocycles. The van der Waals surface area contributed by atoms with Crippen molar-refractivity contribution in [1.82, 2.24) is 15.4 Å². The van der Waals surface area contributed by atoms with Crippen molar-refractivity contribution < 1.29 is 19.2 Å². The maximum absolute atomic E-state index is 13.4. The Morgan fingerprint density at radius 2 is 1.91 bits per heavy atom. The highest BCUT2D eigenvalue weighted by molar-refractivity contribution is 5.96. The molecule has 1 aromatic carbocycles. The zero-order chi connectivity index (χ0) is 23.5. The second-order valence-corrected chi connectivity index (χ2v) is 9.34. The van der Waals surface area contributed by atoms with Gasteiger partial charge in [0.2, 0.25) is 5.91 Å². The molecule has 32 heavy (non-hydrogen) atoms. The van der Waals surface area contributed by atoms with Crippen LogP contribution in [0.25, 0.3) is 0 Å². The molecule has 0 bridgehead atoms. The summed E-state index contributed by atoms with van der Waals surface area (Å²) in [5.41, 5.74) is 1.99. The standard InChI is InChI=1S/C25H35N3O4/c1-16(2)23-22(17(3)32-27-23)24(31)28(5)20-11-13-25(14-12-21(20)30,15-26-18(4)29)19-9-7-6-8-10-19/h6-10,16,20-21,30H,11-15H2,1-5H3,(H,26,29)/t20-,21-,25-/m1/s1. The fourth-order valence-corrected chi connectivity index (χ4v) is 4.83. The number of benzene rings is 1. The summed E-state index contributed by atoms with van der Waals surface area (Å²) in [5.74, 6) is 0.309. The van der Waals surface area contributed by atoms with Crippen molar-refractivity contribution in [3.8, 4) is 0 Å². The average Bonchev–Trinajstić information content (AvgIpc) is 3.07. The predicted molar refractivity (Wildman–Crippen MR) is 122 cm³/mol. The maximum Gasteiger partial charge on any atom is 0.259 e. The van der Waals surface area contributed by atoms with E-state index in [2.05, 4.69) is 22.6 Å². The summed E-state index contributed by atoms with van der Waals surface area (Å²) in [6.45, 7) is 7.73. The molecule has 2 amide bonds. The maximum atomic E-state index is 13.4. The summed E-state index contributed by atoms with van der Waals surface area (Å²) < 4.78 is 5.31. The fourth-order valence-electron chi connectivity index (χ4n) is 4.83. The quantitative estimate of drug-likeness (QED) is 0.669. The number of aromatic nitrogens is 1. The van der Waals surface area contributed by atoms with Crippen LogP contribution in [-0.2, 0) is 10.2 Å². The van der Waals surface area contributed by atoms with E-state index in [0.717, 1.165) is 18.4 Å². The van der Waals surface area contributed by atoms with E-state index in [0.29, 0.717) is 36.4 Å². The summed E-state index contributed by atoms with van der Waals surface area (Å²) in [6.07, 6.45) is 1.97. The molecule has 1 heterocycles. The zero-order valence-electron chi connectivity index (χ0n) is 19.7. The molecule has 7 heteroatoms. The molecule has 3 atom stereocenters. The molecule has 174 valence electrons. The van der Waals surface area contributed by atoms with Gasteiger partial charge in [-0.05, 0) is 44.1 Å². The molecule has 3 rings (SSSR count). The minimum Gasteiger partial charge on any atom is -0.391 e. The third-order valence-electron chi connectivity index (χ3n) is 6.81. The first-order valence-corrected chi connectivity index (χ1v) is 11.4. The van der Waals surface area contributed by atoms with Gasteiger partial charge >= 0.3 is 0 Å². The molecule has 2 N–H and O–H groups in total. The molecule has 7 nitrogen and oxygen atoms in total. The first kappa shape index (κ1) is 24.0. The summed E-state index contributed by atoms with van der Waals surface area (Å²) in [6, 6.07) is 9.81. The Bertz CT molecular complexity index is 940. The van der Waals surface area contributed by atoms with Crippen LogP contribution in [0, 0.1) is 6.92 Å². The molecule has 0 aliphatic heterocycles. The first-order chi connectivity index (χ1) is 15.2. The van der Waals surface area contributed by atoms with E-state index in [1.54, 1.807) is 18.9 Å². The molecule has 1 aliphatic rings. The van der Waals surface area contributed by atoms with Gasteiger partial charge in [0.05, 0.1) is 17.8 Å². The Hall–Kier alpha value is -2.67. The largest absolute Gasteiger partial charge is 0.391 e. The summed E-state index contributed by atoms with van der Waals surface area (Å²) in [4.78, 5) is 26.8. The van der Waals surface area contributed by atoms with E-state index in [9.17, 15) is 14.7 Å². The smallest absolute Gasteiger partial charge is 0.259 e. The fraction of sp³-hybridized carbons (Fsp3) is 0.560. The van der Waals surface area contributed by atoms with E-state index in [1.807, 2.05) is 32.0 Å². The molecule has 1 fully saturated rings. The number of carbonyl (C=O) groups is 2. The Morgan fingerprint density at radius 3 is 2.53 bits per heavy atom. The molecular formula is C25H35N3O4. The van der Waals surface area contributed by atoms with Gasteiger partial charge in [-0.2, -0.15) is 0 Å². The normalized spacial score (nSPS) is 23.6. The van der Waals surface area contributed by atoms with Crippen LogP contribution in [0.4, 0.5) is 0 Å². The number of nitrogens with zero attached hydrogens (tertiary/aromatic N) is 2. The van der Waals surface area contributed by atoms with E-state index in [4.69, 9.17) is 4.52 Å². The molecule has 1 saturated carbocycles. The monoisotopic (exact) mass is 441 g/mol. The third kappa shape index (κ3) is 4.88. The number of amides is 2. The van der Waals surface area contributed by atoms with Crippen LogP contribution in [0.3, 0.4) is 0 Å². The number of aryl methyl sites for hydroxylation is 1. The number of likely N-dealkylation sites (N-methyl/N-ethyl adjacent to an activating group) is 1. The van der Waals surface area contributed by atoms with Crippen molar-refractivity contribution in [3.63, 3.8) is 0 Å². The zero-order valence-corrected chi connectivity index (χ0v) is 19.7. The van der Waals surface area contributed by atoms with Crippen molar-refractivity contribution in [2.45, 2.75) is 76.9 Å². The van der Waals surface area contributed by atoms with Gasteiger partial charge in [0.1, 0.15) is 11.3 Å². The topological polar surface area (TPSA) is 95.7 Å². The highest BCUT2D eigenvalue weighted by atomic mass is 16.5. The molecular weight excluding hydrogens is 406 g/mol. The van der Waals surface area contributed by atoms with Gasteiger partial charge in [0.25, 0.3) is 5.91 Å². The van der Waals surface area contributed by atoms with Gasteiger partial charge in [0, 0.05) is 25.9 Å². The average molecular weight is 442 g/mol. The van der Waals surface area contributed by atoms with Gasteiger partial charge in [-0.25, -0.2) is 0 Å². The number of hydrogen-bond donors (Lipinski definition) is 2. The van der Waals surface area contributed by atoms with Crippen molar-refractivity contribution in [3.05, 3.63) is 52.9 Å². The van der Waals surface area contributed by atoms with Crippen molar-refractivity contribution in [2.24, 2.45) is 0 Å². The van der Waals surface area contributed by atoms with Gasteiger partial charge in [-0.15, -0.1) is 0 Å². The number of aliphatic hydroxyl groups is 1. The molecule has 2 aromatic rings. The first-order valence-electron chi connectivity index (χ1n) is 11.4. The summed E-state index contributed by atoms with van der Waals surface area (Å²) in [7, 11) is 1.75. The number of carbonyl (C=O) groups excluding carboxylic acids is 2. The van der Waals surface area contributed by atoms with Gasteiger partial charge in [-0.1, -0.05) is 49.3 Å². The number of hydrogen-bond acceptors (Lipinski definition) is 5. The van der Waals surface area contributed by atoms with Crippen LogP contribution in [0.5, 0.6) is 0 Å². The van der Waals surface area contributed by atoms with Gasteiger partial charge in [0.15, 0.2) is 0 Å². The number of nitrogens with one attached hydrogen (secondary N) is 1. The number of rotatable bonds is 6. The van der Waals surface area contributed by atoms with E-state index in [1.165, 1.54) is 6.92 Å². The van der Waals surface area contributed by atoms with E-state index >= 15 is 0 Å². The minimum absolute atomic E-state index is 0.0576. The molecule has 0 radical (unpaired) electrons. The summed E-state index contributed by atoms with van der Waals surface area (Å²) >= 11 is 0. The Kier molecular flexibility index (Phi) is 7.39. The molecule has 1 aliphatic carbocycles. The van der Waals surface area contributed by atoms with Crippen LogP contribution in [0.2, 0.25) is 0 Å². The Morgan fingerprint density at radius 1 is 1.25 bits per heavy atom. The Labute approximate surface area is 190 Å². The van der Waals surface area contributed by atoms with Crippen molar-refractivity contribution in [2.75, 3.05) is 13.6 Å². The lowest BCUT2D eigenvalue weighted by molar-refractivity contribution is -0.119. The van der Waals surface area contributed by atoms with Crippen LogP contribution in [0.1, 0.15) is 79.7 Å². The van der Waals surface area contributed by atoms with Crippen LogP contribution in [-0.4, -0.2) is 52.7 Å². The van der Waals surface area contributed by atoms with E-state index in [-0.39, 0.29) is 29.2 Å². The van der Waals surface area contributed by atoms with Crippen molar-refractivity contribution >= 4 is 11.8 Å². The number of aliphatic hydroxyl groups excluding tert-OH is 1. The van der Waals surface area contributed by atoms with Gasteiger partial charge < -0.3 is 19.8 Å². The second kappa shape index (κ2) is 9.86. The second-order valence-electron chi connectivity index (χ2n) is 9.34. The van der Waals surface area contributed by atoms with Crippen LogP contribution in [0.15, 0.2) is 34.9 Å². The van der Waals surface area contributed by atoms with E-state index < -0.39 is 6.10 Å². The molecule has 0 unspecified atom stereocenters. The highest BCUT2D eigenvalue weighted by Crippen LogP contribution is 2.39. The van der Waals surface area contributed by atoms with Gasteiger partial charge in [-0.3, -0.25) is 9.59 Å². The third-order valence-corrected chi connectivity index (χ3v) is 6.81. The lowest BCUT2D eigenvalue weighted by atomic mass is 9.74. The summed E-state index contributed by atoms with van der Waals surface area (Å²) in [5, 5.41) is 18.1. The Balaban J connectivity index is 1.87. The SMILES string of the molecule is CC(=O)NC[C@]1(c2ccccc2)CC[C@@H](O)[C@H](N(C)C(=O)c2c(C(C)C)noc2C)CC1. The van der Waals surface area contributed by atoms with Crippen LogP contribution >= 0.6 is 0 Å². The lowest BCUT2D eigenvalue weighted by Crippen LogP contribution is -2.44. The molecule has 1 aromatic heterocycles. The van der Waals surface area contributed by atoms with Crippen molar-refractivity contribution in [1.29, 1.82) is 0 Å². The lowest BCUT2D eigenvalue weighted by Gasteiger charge is -2.34. The van der Waals surface area contributed by atoms with Crippen LogP contribution < -0.4 is 5.32 Å².